The smallest absolute Gasteiger partial charge is 0.177 e. The fraction of sp³-hybridized carbons (Fsp3) is 0.0667. The number of pyridine rings is 1. The Kier molecular flexibility index (Phi) is 3.51. The van der Waals surface area contributed by atoms with Gasteiger partial charge in [-0.25, -0.2) is 5.21 Å². The van der Waals surface area contributed by atoms with E-state index in [0.717, 1.165) is 20.2 Å². The van der Waals surface area contributed by atoms with Crippen LogP contribution in [0.2, 0.25) is 0 Å². The maximum Gasteiger partial charge on any atom is 0.177 e. The monoisotopic (exact) mass is 380 g/mol. The highest BCUT2D eigenvalue weighted by atomic mass is 127. The molecular weight excluding hydrogens is 367 g/mol. The van der Waals surface area contributed by atoms with Crippen molar-refractivity contribution in [3.63, 3.8) is 0 Å². The number of nitrogens with one attached hydrogen (secondary N) is 1. The van der Waals surface area contributed by atoms with Crippen molar-refractivity contribution in [1.82, 2.24) is 4.40 Å². The molecule has 2 aromatic heterocycles. The van der Waals surface area contributed by atoms with Gasteiger partial charge >= 0.3 is 0 Å². The molecule has 1 atom stereocenters. The van der Waals surface area contributed by atoms with E-state index in [1.807, 2.05) is 47.8 Å². The van der Waals surface area contributed by atoms with E-state index >= 15 is 0 Å². The summed E-state index contributed by atoms with van der Waals surface area (Å²) < 4.78 is 2.81. The van der Waals surface area contributed by atoms with E-state index in [1.165, 1.54) is 5.56 Å². The molecule has 4 nitrogen and oxygen atoms in total. The average molecular weight is 380 g/mol. The molecular formula is C15H13IN2O2. The van der Waals surface area contributed by atoms with Crippen molar-refractivity contribution in [1.29, 1.82) is 0 Å². The summed E-state index contributed by atoms with van der Waals surface area (Å²) in [5.41, 5.74) is 4.57. The van der Waals surface area contributed by atoms with E-state index < -0.39 is 5.23 Å². The molecule has 0 spiro atoms. The third kappa shape index (κ3) is 2.45. The lowest BCUT2D eigenvalue weighted by atomic mass is 10.1. The van der Waals surface area contributed by atoms with Gasteiger partial charge < -0.3 is 9.61 Å². The second kappa shape index (κ2) is 5.17. The predicted octanol–water partition coefficient (Wildman–Crippen LogP) is 2.92. The second-order valence-electron chi connectivity index (χ2n) is 4.77. The average Bonchev–Trinajstić information content (AvgIpc) is 2.81. The Balaban J connectivity index is 2.13. The van der Waals surface area contributed by atoms with Gasteiger partial charge in [0.25, 0.3) is 0 Å². The number of fused-ring (bicyclic) bond motifs is 1. The van der Waals surface area contributed by atoms with Crippen molar-refractivity contribution in [2.45, 2.75) is 6.92 Å². The van der Waals surface area contributed by atoms with Crippen molar-refractivity contribution in [3.8, 4) is 11.1 Å². The van der Waals surface area contributed by atoms with Gasteiger partial charge in [0.2, 0.25) is 0 Å². The van der Waals surface area contributed by atoms with Crippen LogP contribution >= 0.6 is 22.6 Å². The molecule has 3 rings (SSSR count). The van der Waals surface area contributed by atoms with Crippen molar-refractivity contribution < 1.29 is 10.4 Å². The Hall–Kier alpha value is -1.41. The van der Waals surface area contributed by atoms with Gasteiger partial charge in [0.15, 0.2) is 5.69 Å². The molecule has 2 heterocycles. The van der Waals surface area contributed by atoms with Crippen LogP contribution in [0.15, 0.2) is 48.8 Å². The molecule has 0 aliphatic carbocycles. The number of rotatable bonds is 2. The summed E-state index contributed by atoms with van der Waals surface area (Å²) in [6.07, 6.45) is 4.08. The Bertz CT molecular complexity index is 781. The molecule has 0 radical (unpaired) electrons. The van der Waals surface area contributed by atoms with Crippen LogP contribution in [-0.4, -0.2) is 9.61 Å². The molecule has 0 saturated heterocycles. The van der Waals surface area contributed by atoms with E-state index in [1.54, 1.807) is 6.07 Å². The number of aromatic nitrogens is 1. The lowest BCUT2D eigenvalue weighted by molar-refractivity contribution is -0.991. The third-order valence-electron chi connectivity index (χ3n) is 3.27. The highest BCUT2D eigenvalue weighted by Gasteiger charge is 2.10. The molecule has 1 aromatic carbocycles. The number of hydrogen-bond acceptors (Lipinski definition) is 2. The van der Waals surface area contributed by atoms with Gasteiger partial charge in [0, 0.05) is 29.5 Å². The summed E-state index contributed by atoms with van der Waals surface area (Å²) in [5.74, 6) is 0. The number of benzene rings is 1. The fourth-order valence-electron chi connectivity index (χ4n) is 2.25. The van der Waals surface area contributed by atoms with Gasteiger partial charge in [-0.05, 0) is 58.8 Å². The number of hydrogen-bond donors (Lipinski definition) is 2. The van der Waals surface area contributed by atoms with Crippen molar-refractivity contribution in [2.75, 3.05) is 0 Å². The van der Waals surface area contributed by atoms with Gasteiger partial charge in [-0.15, -0.1) is 0 Å². The first kappa shape index (κ1) is 13.6. The van der Waals surface area contributed by atoms with E-state index in [-0.39, 0.29) is 0 Å². The minimum atomic E-state index is -0.893. The highest BCUT2D eigenvalue weighted by molar-refractivity contribution is 14.1. The van der Waals surface area contributed by atoms with Crippen molar-refractivity contribution in [3.05, 3.63) is 63.1 Å². The van der Waals surface area contributed by atoms with Gasteiger partial charge in [-0.1, -0.05) is 12.1 Å². The van der Waals surface area contributed by atoms with E-state index in [0.29, 0.717) is 5.69 Å². The first-order chi connectivity index (χ1) is 9.54. The van der Waals surface area contributed by atoms with Crippen molar-refractivity contribution >= 4 is 33.8 Å². The first-order valence-electron chi connectivity index (χ1n) is 6.16. The van der Waals surface area contributed by atoms with Gasteiger partial charge in [0.05, 0.1) is 3.57 Å². The highest BCUT2D eigenvalue weighted by Crippen LogP contribution is 2.27. The third-order valence-corrected chi connectivity index (χ3v) is 4.21. The Morgan fingerprint density at radius 2 is 1.90 bits per heavy atom. The molecule has 102 valence electrons. The van der Waals surface area contributed by atoms with E-state index in [2.05, 4.69) is 28.8 Å². The van der Waals surface area contributed by atoms with Crippen LogP contribution in [-0.2, 0) is 0 Å². The normalized spacial score (nSPS) is 12.8. The fourth-order valence-corrected chi connectivity index (χ4v) is 2.81. The zero-order chi connectivity index (χ0) is 14.3. The lowest BCUT2D eigenvalue weighted by Gasteiger charge is -2.14. The summed E-state index contributed by atoms with van der Waals surface area (Å²) in [4.78, 5) is 0. The number of halogens is 1. The van der Waals surface area contributed by atoms with Gasteiger partial charge in [-0.2, -0.15) is 5.23 Å². The minimum absolute atomic E-state index is 0.342. The van der Waals surface area contributed by atoms with Crippen LogP contribution in [0.1, 0.15) is 5.56 Å². The van der Waals surface area contributed by atoms with Crippen LogP contribution in [0, 0.1) is 15.7 Å². The van der Waals surface area contributed by atoms with E-state index in [4.69, 9.17) is 0 Å². The molecule has 0 bridgehead atoms. The molecule has 0 aliphatic heterocycles. The summed E-state index contributed by atoms with van der Waals surface area (Å²) >= 11 is 2.04. The predicted molar refractivity (Wildman–Crippen MR) is 86.1 cm³/mol. The standard InChI is InChI=1S/C15H13IN2O2/c1-10-2-4-13-6-12(9-17(13)8-10)11-3-5-14(16)15(7-11)18(19)20/h2-9,18-19H,1H3. The number of aryl methyl sites for hydroxylation is 1. The van der Waals surface area contributed by atoms with Crippen LogP contribution in [0.25, 0.3) is 16.6 Å². The maximum absolute atomic E-state index is 11.2. The molecule has 0 fully saturated rings. The van der Waals surface area contributed by atoms with Gasteiger partial charge in [0.1, 0.15) is 0 Å². The lowest BCUT2D eigenvalue weighted by Crippen LogP contribution is -2.99. The molecule has 0 aliphatic rings. The SMILES string of the molecule is Cc1ccc2cc(-c3ccc(I)c([NH+]([O-])O)c3)cn2c1. The molecule has 20 heavy (non-hydrogen) atoms. The topological polar surface area (TPSA) is 52.1 Å². The minimum Gasteiger partial charge on any atom is -0.595 e. The molecule has 3 aromatic rings. The summed E-state index contributed by atoms with van der Waals surface area (Å²) in [7, 11) is 0. The largest absolute Gasteiger partial charge is 0.595 e. The summed E-state index contributed by atoms with van der Waals surface area (Å²) in [6, 6.07) is 11.7. The Morgan fingerprint density at radius 3 is 2.65 bits per heavy atom. The van der Waals surface area contributed by atoms with Crippen LogP contribution in [0.4, 0.5) is 5.69 Å². The summed E-state index contributed by atoms with van der Waals surface area (Å²) in [6.45, 7) is 2.05. The molecule has 2 N–H and O–H groups in total. The van der Waals surface area contributed by atoms with Crippen LogP contribution in [0.3, 0.4) is 0 Å². The Labute approximate surface area is 129 Å². The first-order valence-corrected chi connectivity index (χ1v) is 7.24. The number of nitrogens with zero attached hydrogens (tertiary/aromatic N) is 1. The van der Waals surface area contributed by atoms with Crippen molar-refractivity contribution in [2.24, 2.45) is 0 Å². The summed E-state index contributed by atoms with van der Waals surface area (Å²) in [5, 5.41) is 19.5. The molecule has 0 amide bonds. The molecule has 0 saturated carbocycles. The number of quaternary nitrogens is 1. The second-order valence-corrected chi connectivity index (χ2v) is 5.93. The molecule has 5 heteroatoms. The maximum atomic E-state index is 11.2. The zero-order valence-corrected chi connectivity index (χ0v) is 13.0. The zero-order valence-electron chi connectivity index (χ0n) is 10.8. The Morgan fingerprint density at radius 1 is 1.10 bits per heavy atom. The van der Waals surface area contributed by atoms with E-state index in [9.17, 15) is 10.4 Å². The van der Waals surface area contributed by atoms with Crippen LogP contribution < -0.4 is 5.23 Å². The van der Waals surface area contributed by atoms with Crippen LogP contribution in [0.5, 0.6) is 0 Å². The quantitative estimate of drug-likeness (QED) is 0.531. The molecule has 1 unspecified atom stereocenters. The van der Waals surface area contributed by atoms with Gasteiger partial charge in [-0.3, -0.25) is 0 Å².